The highest BCUT2D eigenvalue weighted by atomic mass is 35.5. The third kappa shape index (κ3) is 7.05. The molecule has 0 fully saturated rings. The number of hydrogen-bond donors (Lipinski definition) is 2. The first kappa shape index (κ1) is 29.0. The van der Waals surface area contributed by atoms with Gasteiger partial charge in [0.1, 0.15) is 11.8 Å². The first-order valence-electron chi connectivity index (χ1n) is 11.9. The van der Waals surface area contributed by atoms with Gasteiger partial charge in [0, 0.05) is 22.0 Å². The second-order valence-corrected chi connectivity index (χ2v) is 12.2. The van der Waals surface area contributed by atoms with Crippen molar-refractivity contribution in [3.05, 3.63) is 82.9 Å². The molecule has 0 spiro atoms. The number of carbonyl (C=O) groups excluding carboxylic acids is 2. The maximum atomic E-state index is 13.1. The van der Waals surface area contributed by atoms with E-state index < -0.39 is 22.0 Å². The van der Waals surface area contributed by atoms with Gasteiger partial charge in [0.25, 0.3) is 5.91 Å². The van der Waals surface area contributed by atoms with Crippen molar-refractivity contribution < 1.29 is 22.7 Å². The third-order valence-electron chi connectivity index (χ3n) is 5.87. The zero-order valence-corrected chi connectivity index (χ0v) is 23.8. The molecule has 0 aromatic heterocycles. The number of amides is 2. The van der Waals surface area contributed by atoms with Crippen LogP contribution in [0.2, 0.25) is 5.02 Å². The summed E-state index contributed by atoms with van der Waals surface area (Å²) in [6, 6.07) is 17.4. The predicted octanol–water partition coefficient (Wildman–Crippen LogP) is 5.69. The van der Waals surface area contributed by atoms with Crippen LogP contribution in [0.5, 0.6) is 5.75 Å². The van der Waals surface area contributed by atoms with E-state index in [2.05, 4.69) is 31.4 Å². The van der Waals surface area contributed by atoms with Gasteiger partial charge >= 0.3 is 0 Å². The highest BCUT2D eigenvalue weighted by Gasteiger charge is 2.31. The fourth-order valence-corrected chi connectivity index (χ4v) is 5.20. The summed E-state index contributed by atoms with van der Waals surface area (Å²) in [6.45, 7) is 7.76. The van der Waals surface area contributed by atoms with Gasteiger partial charge in [-0.15, -0.1) is 0 Å². The predicted molar refractivity (Wildman–Crippen MR) is 153 cm³/mol. The van der Waals surface area contributed by atoms with E-state index in [1.54, 1.807) is 42.5 Å². The van der Waals surface area contributed by atoms with E-state index in [1.807, 2.05) is 12.1 Å². The van der Waals surface area contributed by atoms with Crippen LogP contribution in [-0.2, 0) is 20.2 Å². The second-order valence-electron chi connectivity index (χ2n) is 9.90. The molecule has 0 unspecified atom stereocenters. The number of hydrogen-bond acceptors (Lipinski definition) is 5. The summed E-state index contributed by atoms with van der Waals surface area (Å²) in [6.07, 6.45) is 1.00. The Hall–Kier alpha value is -3.56. The van der Waals surface area contributed by atoms with E-state index in [4.69, 9.17) is 16.3 Å². The molecule has 2 amide bonds. The topological polar surface area (TPSA) is 105 Å². The summed E-state index contributed by atoms with van der Waals surface area (Å²) in [4.78, 5) is 25.9. The Labute approximate surface area is 229 Å². The van der Waals surface area contributed by atoms with Crippen molar-refractivity contribution in [3.63, 3.8) is 0 Å². The smallest absolute Gasteiger partial charge is 0.255 e. The quantitative estimate of drug-likeness (QED) is 0.370. The number of sulfonamides is 1. The van der Waals surface area contributed by atoms with Crippen LogP contribution in [-0.4, -0.2) is 39.6 Å². The lowest BCUT2D eigenvalue weighted by Crippen LogP contribution is -2.45. The first-order chi connectivity index (χ1) is 17.7. The molecular weight excluding hydrogens is 526 g/mol. The van der Waals surface area contributed by atoms with Crippen molar-refractivity contribution in [1.29, 1.82) is 0 Å². The Morgan fingerprint density at radius 1 is 0.947 bits per heavy atom. The average molecular weight is 558 g/mol. The van der Waals surface area contributed by atoms with Crippen LogP contribution in [0.4, 0.5) is 17.1 Å². The number of methoxy groups -OCH3 is 1. The summed E-state index contributed by atoms with van der Waals surface area (Å²) in [5.74, 6) is -0.628. The van der Waals surface area contributed by atoms with Crippen LogP contribution in [0.15, 0.2) is 66.7 Å². The second kappa shape index (κ2) is 11.4. The number of carbonyl (C=O) groups is 2. The van der Waals surface area contributed by atoms with Crippen molar-refractivity contribution in [2.75, 3.05) is 28.3 Å². The van der Waals surface area contributed by atoms with Gasteiger partial charge in [-0.3, -0.25) is 13.9 Å². The standard InChI is InChI=1S/C28H32ClN3O5S/c1-18(32(38(6,35)36)24-16-21(29)14-15-25(24)37-5)26(33)30-22-8-7-9-23(17-22)31-27(34)19-10-12-20(13-11-19)28(2,3)4/h7-18H,1-6H3,(H,30,33)(H,31,34)/t18-/m1/s1. The lowest BCUT2D eigenvalue weighted by molar-refractivity contribution is -0.116. The van der Waals surface area contributed by atoms with Crippen molar-refractivity contribution >= 4 is 50.5 Å². The molecular formula is C28H32ClN3O5S. The normalized spacial score (nSPS) is 12.4. The van der Waals surface area contributed by atoms with Crippen molar-refractivity contribution in [2.24, 2.45) is 0 Å². The van der Waals surface area contributed by atoms with E-state index in [0.717, 1.165) is 16.1 Å². The molecule has 38 heavy (non-hydrogen) atoms. The fourth-order valence-electron chi connectivity index (χ4n) is 3.86. The van der Waals surface area contributed by atoms with Gasteiger partial charge in [-0.05, 0) is 66.4 Å². The van der Waals surface area contributed by atoms with Gasteiger partial charge in [-0.25, -0.2) is 8.42 Å². The number of anilines is 3. The summed E-state index contributed by atoms with van der Waals surface area (Å²) < 4.78 is 31.6. The molecule has 0 bridgehead atoms. The minimum Gasteiger partial charge on any atom is -0.495 e. The van der Waals surface area contributed by atoms with Gasteiger partial charge in [-0.2, -0.15) is 0 Å². The van der Waals surface area contributed by atoms with Crippen molar-refractivity contribution in [3.8, 4) is 5.75 Å². The molecule has 8 nitrogen and oxygen atoms in total. The molecule has 0 aliphatic rings. The maximum Gasteiger partial charge on any atom is 0.255 e. The van der Waals surface area contributed by atoms with Crippen LogP contribution in [0, 0.1) is 0 Å². The minimum atomic E-state index is -3.89. The minimum absolute atomic E-state index is 0.0245. The molecule has 1 atom stereocenters. The molecule has 0 heterocycles. The largest absolute Gasteiger partial charge is 0.495 e. The number of halogens is 1. The van der Waals surface area contributed by atoms with Crippen LogP contribution in [0.1, 0.15) is 43.6 Å². The monoisotopic (exact) mass is 557 g/mol. The van der Waals surface area contributed by atoms with Crippen LogP contribution in [0.3, 0.4) is 0 Å². The first-order valence-corrected chi connectivity index (χ1v) is 14.1. The van der Waals surface area contributed by atoms with E-state index in [9.17, 15) is 18.0 Å². The van der Waals surface area contributed by atoms with Crippen LogP contribution in [0.25, 0.3) is 0 Å². The maximum absolute atomic E-state index is 13.1. The molecule has 202 valence electrons. The van der Waals surface area contributed by atoms with E-state index in [0.29, 0.717) is 22.0 Å². The lowest BCUT2D eigenvalue weighted by Gasteiger charge is -2.29. The Balaban J connectivity index is 1.78. The van der Waals surface area contributed by atoms with Gasteiger partial charge in [0.2, 0.25) is 15.9 Å². The SMILES string of the molecule is COc1ccc(Cl)cc1N([C@H](C)C(=O)Nc1cccc(NC(=O)c2ccc(C(C)(C)C)cc2)c1)S(C)(=O)=O. The number of benzene rings is 3. The van der Waals surface area contributed by atoms with E-state index >= 15 is 0 Å². The summed E-state index contributed by atoms with van der Waals surface area (Å²) >= 11 is 6.10. The lowest BCUT2D eigenvalue weighted by atomic mass is 9.87. The molecule has 2 N–H and O–H groups in total. The number of nitrogens with zero attached hydrogens (tertiary/aromatic N) is 1. The molecule has 3 aromatic carbocycles. The summed E-state index contributed by atoms with van der Waals surface area (Å²) in [5, 5.41) is 5.84. The highest BCUT2D eigenvalue weighted by Crippen LogP contribution is 2.34. The third-order valence-corrected chi connectivity index (χ3v) is 7.33. The molecule has 3 aromatic rings. The molecule has 0 saturated carbocycles. The van der Waals surface area contributed by atoms with E-state index in [1.165, 1.54) is 26.2 Å². The Kier molecular flexibility index (Phi) is 8.74. The molecule has 0 aliphatic heterocycles. The zero-order chi connectivity index (χ0) is 28.3. The molecule has 0 radical (unpaired) electrons. The van der Waals surface area contributed by atoms with Crippen molar-refractivity contribution in [1.82, 2.24) is 0 Å². The summed E-state index contributed by atoms with van der Waals surface area (Å²) in [7, 11) is -2.49. The van der Waals surface area contributed by atoms with E-state index in [-0.39, 0.29) is 22.8 Å². The Morgan fingerprint density at radius 2 is 1.55 bits per heavy atom. The van der Waals surface area contributed by atoms with Crippen LogP contribution < -0.4 is 19.7 Å². The Bertz CT molecular complexity index is 1430. The van der Waals surface area contributed by atoms with Gasteiger partial charge in [0.05, 0.1) is 19.1 Å². The van der Waals surface area contributed by atoms with Crippen LogP contribution >= 0.6 is 11.6 Å². The van der Waals surface area contributed by atoms with Gasteiger partial charge in [0.15, 0.2) is 0 Å². The number of ether oxygens (including phenoxy) is 1. The molecule has 0 aliphatic carbocycles. The number of nitrogens with one attached hydrogen (secondary N) is 2. The Morgan fingerprint density at radius 3 is 2.11 bits per heavy atom. The number of rotatable bonds is 8. The van der Waals surface area contributed by atoms with Gasteiger partial charge < -0.3 is 15.4 Å². The highest BCUT2D eigenvalue weighted by molar-refractivity contribution is 7.92. The zero-order valence-electron chi connectivity index (χ0n) is 22.2. The van der Waals surface area contributed by atoms with Crippen molar-refractivity contribution in [2.45, 2.75) is 39.2 Å². The fraction of sp³-hybridized carbons (Fsp3) is 0.286. The molecule has 0 saturated heterocycles. The van der Waals surface area contributed by atoms with Gasteiger partial charge in [-0.1, -0.05) is 50.6 Å². The summed E-state index contributed by atoms with van der Waals surface area (Å²) in [5.41, 5.74) is 2.59. The molecule has 3 rings (SSSR count). The molecule has 10 heteroatoms. The average Bonchev–Trinajstić information content (AvgIpc) is 2.83.